The maximum Gasteiger partial charge on any atom is 0.251 e. The molecule has 0 saturated carbocycles. The lowest BCUT2D eigenvalue weighted by atomic mass is 10.2. The van der Waals surface area contributed by atoms with E-state index in [0.29, 0.717) is 11.4 Å². The number of aromatic nitrogens is 3. The number of H-pyrrole nitrogens is 1. The summed E-state index contributed by atoms with van der Waals surface area (Å²) in [6, 6.07) is 8.82. The zero-order chi connectivity index (χ0) is 16.9. The van der Waals surface area contributed by atoms with Crippen LogP contribution in [-0.4, -0.2) is 33.3 Å². The number of benzene rings is 1. The van der Waals surface area contributed by atoms with E-state index in [0.717, 1.165) is 16.6 Å². The molecule has 0 atom stereocenters. The maximum absolute atomic E-state index is 12.1. The fourth-order valence-electron chi connectivity index (χ4n) is 2.22. The summed E-state index contributed by atoms with van der Waals surface area (Å²) >= 11 is 0. The number of amides is 2. The third kappa shape index (κ3) is 3.75. The predicted molar refractivity (Wildman–Crippen MR) is 90.6 cm³/mol. The SMILES string of the molecule is Cc1ccc(NC(=O)CCNC(=O)c2ccc3nc[nH]c3c2)nc1. The Morgan fingerprint density at radius 3 is 2.83 bits per heavy atom. The summed E-state index contributed by atoms with van der Waals surface area (Å²) in [5.74, 6) is 0.0741. The largest absolute Gasteiger partial charge is 0.352 e. The number of hydrogen-bond donors (Lipinski definition) is 3. The molecule has 3 aromatic rings. The summed E-state index contributed by atoms with van der Waals surface area (Å²) in [6.07, 6.45) is 3.44. The van der Waals surface area contributed by atoms with E-state index in [4.69, 9.17) is 0 Å². The first-order valence-corrected chi connectivity index (χ1v) is 7.56. The maximum atomic E-state index is 12.1. The molecule has 0 spiro atoms. The van der Waals surface area contributed by atoms with E-state index in [1.54, 1.807) is 36.8 Å². The number of carbonyl (C=O) groups excluding carboxylic acids is 2. The number of pyridine rings is 1. The first-order chi connectivity index (χ1) is 11.6. The number of nitrogens with zero attached hydrogens (tertiary/aromatic N) is 2. The lowest BCUT2D eigenvalue weighted by molar-refractivity contribution is -0.116. The number of rotatable bonds is 5. The molecule has 0 fully saturated rings. The van der Waals surface area contributed by atoms with Gasteiger partial charge in [-0.2, -0.15) is 0 Å². The molecule has 0 aliphatic heterocycles. The molecule has 24 heavy (non-hydrogen) atoms. The van der Waals surface area contributed by atoms with Gasteiger partial charge in [-0.25, -0.2) is 9.97 Å². The van der Waals surface area contributed by atoms with Gasteiger partial charge < -0.3 is 15.6 Å². The van der Waals surface area contributed by atoms with Crippen LogP contribution in [0.5, 0.6) is 0 Å². The minimum absolute atomic E-state index is 0.174. The highest BCUT2D eigenvalue weighted by atomic mass is 16.2. The van der Waals surface area contributed by atoms with Gasteiger partial charge in [-0.05, 0) is 36.8 Å². The van der Waals surface area contributed by atoms with Gasteiger partial charge in [-0.1, -0.05) is 6.07 Å². The summed E-state index contributed by atoms with van der Waals surface area (Å²) in [5.41, 5.74) is 3.14. The Bertz CT molecular complexity index is 870. The minimum Gasteiger partial charge on any atom is -0.352 e. The van der Waals surface area contributed by atoms with Crippen LogP contribution < -0.4 is 10.6 Å². The number of imidazole rings is 1. The van der Waals surface area contributed by atoms with E-state index in [9.17, 15) is 9.59 Å². The number of aromatic amines is 1. The molecule has 3 N–H and O–H groups in total. The van der Waals surface area contributed by atoms with Crippen molar-refractivity contribution in [2.45, 2.75) is 13.3 Å². The normalized spacial score (nSPS) is 10.5. The van der Waals surface area contributed by atoms with Gasteiger partial charge in [0.25, 0.3) is 5.91 Å². The molecule has 0 aliphatic rings. The van der Waals surface area contributed by atoms with E-state index < -0.39 is 0 Å². The average molecular weight is 323 g/mol. The van der Waals surface area contributed by atoms with Crippen LogP contribution in [0.3, 0.4) is 0 Å². The molecule has 122 valence electrons. The van der Waals surface area contributed by atoms with E-state index >= 15 is 0 Å². The lowest BCUT2D eigenvalue weighted by Crippen LogP contribution is -2.27. The van der Waals surface area contributed by atoms with Crippen LogP contribution in [0.4, 0.5) is 5.82 Å². The number of carbonyl (C=O) groups is 2. The standard InChI is InChI=1S/C17H17N5O2/c1-11-2-5-15(19-9-11)22-16(23)6-7-18-17(24)12-3-4-13-14(8-12)21-10-20-13/h2-5,8-10H,6-7H2,1H3,(H,18,24)(H,20,21)(H,19,22,23). The number of fused-ring (bicyclic) bond motifs is 1. The van der Waals surface area contributed by atoms with Crippen LogP contribution in [0.15, 0.2) is 42.9 Å². The van der Waals surface area contributed by atoms with Crippen LogP contribution in [0.1, 0.15) is 22.3 Å². The number of nitrogens with one attached hydrogen (secondary N) is 3. The van der Waals surface area contributed by atoms with Gasteiger partial charge in [-0.15, -0.1) is 0 Å². The molecule has 1 aromatic carbocycles. The highest BCUT2D eigenvalue weighted by Crippen LogP contribution is 2.11. The van der Waals surface area contributed by atoms with Crippen molar-refractivity contribution in [2.24, 2.45) is 0 Å². The smallest absolute Gasteiger partial charge is 0.251 e. The fraction of sp³-hybridized carbons (Fsp3) is 0.176. The van der Waals surface area contributed by atoms with Gasteiger partial charge in [0.05, 0.1) is 17.4 Å². The van der Waals surface area contributed by atoms with Crippen molar-refractivity contribution in [2.75, 3.05) is 11.9 Å². The van der Waals surface area contributed by atoms with Crippen molar-refractivity contribution in [1.82, 2.24) is 20.3 Å². The second-order valence-corrected chi connectivity index (χ2v) is 5.41. The van der Waals surface area contributed by atoms with Gasteiger partial charge in [0.2, 0.25) is 5.91 Å². The number of aryl methyl sites for hydroxylation is 1. The van der Waals surface area contributed by atoms with Crippen molar-refractivity contribution in [3.05, 3.63) is 54.0 Å². The Hall–Kier alpha value is -3.22. The monoisotopic (exact) mass is 323 g/mol. The summed E-state index contributed by atoms with van der Waals surface area (Å²) in [7, 11) is 0. The molecule has 7 nitrogen and oxygen atoms in total. The summed E-state index contributed by atoms with van der Waals surface area (Å²) < 4.78 is 0. The second-order valence-electron chi connectivity index (χ2n) is 5.41. The predicted octanol–water partition coefficient (Wildman–Crippen LogP) is 2.02. The van der Waals surface area contributed by atoms with Crippen LogP contribution in [0.25, 0.3) is 11.0 Å². The molecule has 7 heteroatoms. The fourth-order valence-corrected chi connectivity index (χ4v) is 2.22. The van der Waals surface area contributed by atoms with Crippen LogP contribution in [0, 0.1) is 6.92 Å². The van der Waals surface area contributed by atoms with E-state index in [1.807, 2.05) is 13.0 Å². The quantitative estimate of drug-likeness (QED) is 0.669. The molecule has 0 unspecified atom stereocenters. The second kappa shape index (κ2) is 6.91. The first-order valence-electron chi connectivity index (χ1n) is 7.56. The number of hydrogen-bond acceptors (Lipinski definition) is 4. The van der Waals surface area contributed by atoms with E-state index in [-0.39, 0.29) is 24.8 Å². The van der Waals surface area contributed by atoms with Crippen LogP contribution in [0.2, 0.25) is 0 Å². The molecular formula is C17H17N5O2. The van der Waals surface area contributed by atoms with Crippen LogP contribution >= 0.6 is 0 Å². The number of anilines is 1. The molecular weight excluding hydrogens is 306 g/mol. The Kier molecular flexibility index (Phi) is 4.51. The van der Waals surface area contributed by atoms with Crippen molar-refractivity contribution in [3.8, 4) is 0 Å². The minimum atomic E-state index is -0.229. The van der Waals surface area contributed by atoms with Crippen molar-refractivity contribution in [1.29, 1.82) is 0 Å². The summed E-state index contributed by atoms with van der Waals surface area (Å²) in [5, 5.41) is 5.42. The Balaban J connectivity index is 1.49. The Morgan fingerprint density at radius 2 is 2.04 bits per heavy atom. The van der Waals surface area contributed by atoms with E-state index in [2.05, 4.69) is 25.6 Å². The van der Waals surface area contributed by atoms with Gasteiger partial charge >= 0.3 is 0 Å². The molecule has 2 aromatic heterocycles. The third-order valence-corrected chi connectivity index (χ3v) is 3.50. The van der Waals surface area contributed by atoms with Gasteiger partial charge in [-0.3, -0.25) is 9.59 Å². The molecule has 0 radical (unpaired) electrons. The topological polar surface area (TPSA) is 99.8 Å². The lowest BCUT2D eigenvalue weighted by Gasteiger charge is -2.06. The molecule has 2 heterocycles. The van der Waals surface area contributed by atoms with Crippen molar-refractivity contribution in [3.63, 3.8) is 0 Å². The van der Waals surface area contributed by atoms with Gasteiger partial charge in [0, 0.05) is 24.7 Å². The molecule has 0 aliphatic carbocycles. The van der Waals surface area contributed by atoms with E-state index in [1.165, 1.54) is 0 Å². The third-order valence-electron chi connectivity index (χ3n) is 3.50. The molecule has 0 saturated heterocycles. The highest BCUT2D eigenvalue weighted by molar-refractivity contribution is 5.97. The molecule has 3 rings (SSSR count). The van der Waals surface area contributed by atoms with Crippen molar-refractivity contribution >= 4 is 28.7 Å². The highest BCUT2D eigenvalue weighted by Gasteiger charge is 2.08. The zero-order valence-corrected chi connectivity index (χ0v) is 13.2. The zero-order valence-electron chi connectivity index (χ0n) is 13.2. The van der Waals surface area contributed by atoms with Crippen LogP contribution in [-0.2, 0) is 4.79 Å². The van der Waals surface area contributed by atoms with Crippen molar-refractivity contribution < 1.29 is 9.59 Å². The average Bonchev–Trinajstić information content (AvgIpc) is 3.04. The summed E-state index contributed by atoms with van der Waals surface area (Å²) in [4.78, 5) is 35.1. The Morgan fingerprint density at radius 1 is 1.17 bits per heavy atom. The Labute approximate surface area is 138 Å². The summed E-state index contributed by atoms with van der Waals surface area (Å²) in [6.45, 7) is 2.17. The molecule has 0 bridgehead atoms. The first kappa shape index (κ1) is 15.7. The van der Waals surface area contributed by atoms with Gasteiger partial charge in [0.1, 0.15) is 5.82 Å². The molecule has 2 amide bonds. The van der Waals surface area contributed by atoms with Gasteiger partial charge in [0.15, 0.2) is 0 Å².